The molecule has 17 unspecified atom stereocenters. The van der Waals surface area contributed by atoms with Gasteiger partial charge in [-0.15, -0.1) is 0 Å². The third-order valence-corrected chi connectivity index (χ3v) is 19.6. The maximum Gasteiger partial charge on any atom is 0.220 e. The van der Waals surface area contributed by atoms with Gasteiger partial charge in [-0.05, 0) is 77.0 Å². The summed E-state index contributed by atoms with van der Waals surface area (Å²) >= 11 is 0. The normalized spacial score (nSPS) is 26.7. The molecule has 3 fully saturated rings. The first-order valence-corrected chi connectivity index (χ1v) is 40.5. The molecule has 12 N–H and O–H groups in total. The quantitative estimate of drug-likeness (QED) is 0.0199. The Hall–Kier alpha value is -3.29. The van der Waals surface area contributed by atoms with Crippen molar-refractivity contribution < 1.29 is 89.4 Å². The Morgan fingerprint density at radius 2 is 0.676 bits per heavy atom. The van der Waals surface area contributed by atoms with Gasteiger partial charge < -0.3 is 89.9 Å². The molecule has 590 valence electrons. The Morgan fingerprint density at radius 1 is 0.363 bits per heavy atom. The van der Waals surface area contributed by atoms with Crippen LogP contribution < -0.4 is 5.32 Å². The highest BCUT2D eigenvalue weighted by atomic mass is 16.8. The number of aliphatic hydroxyl groups excluding tert-OH is 11. The number of carbonyl (C=O) groups is 1. The molecule has 0 radical (unpaired) electrons. The number of hydrogen-bond acceptors (Lipinski definition) is 18. The zero-order chi connectivity index (χ0) is 73.9. The molecule has 0 aromatic heterocycles. The van der Waals surface area contributed by atoms with Crippen molar-refractivity contribution in [3.63, 3.8) is 0 Å². The number of ether oxygens (including phenoxy) is 6. The van der Waals surface area contributed by atoms with Gasteiger partial charge in [-0.2, -0.15) is 0 Å². The van der Waals surface area contributed by atoms with Crippen LogP contribution >= 0.6 is 0 Å². The molecule has 19 nitrogen and oxygen atoms in total. The van der Waals surface area contributed by atoms with E-state index < -0.39 is 124 Å². The second-order valence-corrected chi connectivity index (χ2v) is 28.5. The summed E-state index contributed by atoms with van der Waals surface area (Å²) in [6.45, 7) is 1.64. The summed E-state index contributed by atoms with van der Waals surface area (Å²) in [4.78, 5) is 13.5. The number of carbonyl (C=O) groups excluding carboxylic acids is 1. The van der Waals surface area contributed by atoms with Crippen molar-refractivity contribution >= 4 is 5.91 Å². The molecular formula is C83H145NO18. The van der Waals surface area contributed by atoms with Crippen molar-refractivity contribution in [2.24, 2.45) is 0 Å². The van der Waals surface area contributed by atoms with Gasteiger partial charge in [0.05, 0.1) is 38.6 Å². The highest BCUT2D eigenvalue weighted by Crippen LogP contribution is 2.33. The molecule has 0 aromatic carbocycles. The molecule has 3 aliphatic rings. The molecule has 17 atom stereocenters. The van der Waals surface area contributed by atoms with Crippen molar-refractivity contribution in [3.05, 3.63) is 97.2 Å². The maximum absolute atomic E-state index is 13.5. The van der Waals surface area contributed by atoms with Crippen molar-refractivity contribution in [2.45, 2.75) is 394 Å². The first kappa shape index (κ1) is 92.9. The van der Waals surface area contributed by atoms with E-state index in [4.69, 9.17) is 28.4 Å². The predicted octanol–water partition coefficient (Wildman–Crippen LogP) is 13.6. The number of allylic oxidation sites excluding steroid dienone is 15. The highest BCUT2D eigenvalue weighted by molar-refractivity contribution is 5.76. The topological polar surface area (TPSA) is 307 Å². The van der Waals surface area contributed by atoms with E-state index in [0.717, 1.165) is 89.9 Å². The van der Waals surface area contributed by atoms with Crippen molar-refractivity contribution in [2.75, 3.05) is 26.4 Å². The lowest BCUT2D eigenvalue weighted by molar-refractivity contribution is -0.379. The fraction of sp³-hybridized carbons (Fsp3) is 0.795. The van der Waals surface area contributed by atoms with Gasteiger partial charge in [0.2, 0.25) is 5.91 Å². The third kappa shape index (κ3) is 42.3. The summed E-state index contributed by atoms with van der Waals surface area (Å²) in [5.41, 5.74) is 0. The van der Waals surface area contributed by atoms with Gasteiger partial charge >= 0.3 is 0 Å². The molecule has 0 aromatic rings. The zero-order valence-corrected chi connectivity index (χ0v) is 63.1. The Balaban J connectivity index is 1.32. The first-order chi connectivity index (χ1) is 49.8. The standard InChI is InChI=1S/C83H145NO18/c1-3-5-7-9-11-13-15-17-19-21-23-24-25-26-27-28-29-30-31-32-33-34-35-36-37-38-39-40-41-42-43-45-47-49-51-53-55-57-59-61-71(89)84-66(67(88)60-58-56-54-52-50-48-46-44-22-20-18-16-14-12-10-8-6-4-2)65-97-81-77(95)74(92)79(69(63-86)99-81)102-83-78(96)75(93)80(70(64-87)100-83)101-82-76(94)73(91)72(90)68(62-85)98-82/h5,7,11,13,17,19,23-24,26-27,29-30,32-33,58,60,66-70,72-83,85-88,90-96H,3-4,6,8-10,12,14-16,18,20-22,25,28,31,34-57,59,61-65H2,1-2H3,(H,84,89)/b7-5-,13-11-,19-17-,24-23-,27-26-,30-29-,33-32-,60-58+. The Morgan fingerprint density at radius 3 is 1.06 bits per heavy atom. The van der Waals surface area contributed by atoms with Crippen LogP contribution in [0.4, 0.5) is 0 Å². The van der Waals surface area contributed by atoms with Crippen LogP contribution in [0.5, 0.6) is 0 Å². The van der Waals surface area contributed by atoms with E-state index in [0.29, 0.717) is 6.42 Å². The summed E-state index contributed by atoms with van der Waals surface area (Å²) in [5.74, 6) is -0.275. The molecule has 3 saturated heterocycles. The highest BCUT2D eigenvalue weighted by Gasteiger charge is 2.54. The van der Waals surface area contributed by atoms with E-state index in [2.05, 4.69) is 104 Å². The average Bonchev–Trinajstić information content (AvgIpc) is 0.781. The maximum atomic E-state index is 13.5. The molecule has 3 heterocycles. The predicted molar refractivity (Wildman–Crippen MR) is 406 cm³/mol. The van der Waals surface area contributed by atoms with Crippen LogP contribution in [0.25, 0.3) is 0 Å². The van der Waals surface area contributed by atoms with Crippen LogP contribution in [0.1, 0.15) is 290 Å². The number of unbranched alkanes of at least 4 members (excludes halogenated alkanes) is 33. The number of hydrogen-bond donors (Lipinski definition) is 12. The van der Waals surface area contributed by atoms with Gasteiger partial charge in [0.25, 0.3) is 0 Å². The fourth-order valence-electron chi connectivity index (χ4n) is 13.2. The van der Waals surface area contributed by atoms with Gasteiger partial charge in [-0.25, -0.2) is 0 Å². The lowest BCUT2D eigenvalue weighted by Crippen LogP contribution is -2.66. The summed E-state index contributed by atoms with van der Waals surface area (Å²) in [7, 11) is 0. The molecule has 3 aliphatic heterocycles. The second-order valence-electron chi connectivity index (χ2n) is 28.5. The zero-order valence-electron chi connectivity index (χ0n) is 63.1. The Labute approximate surface area is 615 Å². The van der Waals surface area contributed by atoms with E-state index in [1.807, 2.05) is 6.08 Å². The molecule has 102 heavy (non-hydrogen) atoms. The van der Waals surface area contributed by atoms with Crippen molar-refractivity contribution in [1.82, 2.24) is 5.32 Å². The third-order valence-electron chi connectivity index (χ3n) is 19.6. The van der Waals surface area contributed by atoms with Gasteiger partial charge in [0.1, 0.15) is 73.2 Å². The molecule has 0 spiro atoms. The van der Waals surface area contributed by atoms with Crippen LogP contribution in [0.15, 0.2) is 97.2 Å². The molecular weight excluding hydrogens is 1300 g/mol. The van der Waals surface area contributed by atoms with Crippen LogP contribution in [0, 0.1) is 0 Å². The second kappa shape index (κ2) is 62.7. The number of nitrogens with one attached hydrogen (secondary N) is 1. The lowest BCUT2D eigenvalue weighted by Gasteiger charge is -2.48. The van der Waals surface area contributed by atoms with E-state index >= 15 is 0 Å². The van der Waals surface area contributed by atoms with E-state index in [-0.39, 0.29) is 18.9 Å². The van der Waals surface area contributed by atoms with Crippen LogP contribution in [-0.2, 0) is 33.2 Å². The van der Waals surface area contributed by atoms with Crippen molar-refractivity contribution in [1.29, 1.82) is 0 Å². The van der Waals surface area contributed by atoms with Crippen LogP contribution in [0.3, 0.4) is 0 Å². The van der Waals surface area contributed by atoms with Crippen LogP contribution in [-0.4, -0.2) is 193 Å². The molecule has 1 amide bonds. The summed E-state index contributed by atoms with van der Waals surface area (Å²) in [6.07, 6.45) is 58.2. The fourth-order valence-corrected chi connectivity index (χ4v) is 13.2. The monoisotopic (exact) mass is 1440 g/mol. The average molecular weight is 1450 g/mol. The van der Waals surface area contributed by atoms with E-state index in [1.165, 1.54) is 173 Å². The molecule has 0 aliphatic carbocycles. The van der Waals surface area contributed by atoms with Crippen molar-refractivity contribution in [3.8, 4) is 0 Å². The number of rotatable bonds is 63. The molecule has 3 rings (SSSR count). The SMILES string of the molecule is CC/C=C\C/C=C\C/C=C\C/C=C\C/C=C\C/C=C\C/C=C\CCCCCCCCCCCCCCCCCCCC(=O)NC(COC1OC(CO)C(OC2OC(CO)C(OC3OC(CO)C(O)C(O)C3O)C(O)C2O)C(O)C1O)C(O)/C=C/CCCCCCCCCCCCCCCCCC. The number of amides is 1. The molecule has 19 heteroatoms. The minimum atomic E-state index is -1.98. The summed E-state index contributed by atoms with van der Waals surface area (Å²) < 4.78 is 34.4. The van der Waals surface area contributed by atoms with Gasteiger partial charge in [0, 0.05) is 6.42 Å². The molecule has 0 saturated carbocycles. The number of aliphatic hydroxyl groups is 11. The van der Waals surface area contributed by atoms with Gasteiger partial charge in [0.15, 0.2) is 18.9 Å². The summed E-state index contributed by atoms with van der Waals surface area (Å²) in [6, 6.07) is -0.977. The van der Waals surface area contributed by atoms with Gasteiger partial charge in [-0.1, -0.05) is 304 Å². The first-order valence-electron chi connectivity index (χ1n) is 40.5. The minimum absolute atomic E-state index is 0.241. The molecule has 0 bridgehead atoms. The Bertz CT molecular complexity index is 2220. The van der Waals surface area contributed by atoms with Crippen LogP contribution in [0.2, 0.25) is 0 Å². The Kier molecular flexibility index (Phi) is 57.1. The smallest absolute Gasteiger partial charge is 0.220 e. The summed E-state index contributed by atoms with van der Waals surface area (Å²) in [5, 5.41) is 121. The van der Waals surface area contributed by atoms with E-state index in [9.17, 15) is 61.0 Å². The minimum Gasteiger partial charge on any atom is -0.394 e. The van der Waals surface area contributed by atoms with Gasteiger partial charge in [-0.3, -0.25) is 4.79 Å². The largest absolute Gasteiger partial charge is 0.394 e. The van der Waals surface area contributed by atoms with E-state index in [1.54, 1.807) is 6.08 Å². The lowest BCUT2D eigenvalue weighted by atomic mass is 9.96.